The fraction of sp³-hybridized carbons (Fsp3) is 0.400. The van der Waals surface area contributed by atoms with Crippen LogP contribution in [0.4, 0.5) is 5.69 Å². The molecule has 6 nitrogen and oxygen atoms in total. The molecule has 5 N–H and O–H groups in total. The number of rotatable bonds is 5. The van der Waals surface area contributed by atoms with Crippen LogP contribution in [0, 0.1) is 6.92 Å². The number of aryl methyl sites for hydroxylation is 1. The Kier molecular flexibility index (Phi) is 5.11. The Hall–Kier alpha value is -0.670. The lowest BCUT2D eigenvalue weighted by Crippen LogP contribution is -2.40. The molecule has 0 saturated carbocycles. The summed E-state index contributed by atoms with van der Waals surface area (Å²) in [5.41, 5.74) is 6.45. The van der Waals surface area contributed by atoms with E-state index >= 15 is 0 Å². The minimum Gasteiger partial charge on any atom is -0.398 e. The van der Waals surface area contributed by atoms with Crippen molar-refractivity contribution in [2.45, 2.75) is 17.9 Å². The SMILES string of the molecule is Cc1cc(Br)c(N)cc1S(=O)(=O)NC(CO)CO. The van der Waals surface area contributed by atoms with Gasteiger partial charge in [0.25, 0.3) is 0 Å². The van der Waals surface area contributed by atoms with Crippen LogP contribution in [0.2, 0.25) is 0 Å². The van der Waals surface area contributed by atoms with Gasteiger partial charge in [-0.05, 0) is 40.5 Å². The van der Waals surface area contributed by atoms with Crippen molar-refractivity contribution < 1.29 is 18.6 Å². The average Bonchev–Trinajstić information content (AvgIpc) is 2.30. The molecule has 1 aromatic carbocycles. The van der Waals surface area contributed by atoms with Gasteiger partial charge in [-0.3, -0.25) is 0 Å². The summed E-state index contributed by atoms with van der Waals surface area (Å²) < 4.78 is 26.9. The van der Waals surface area contributed by atoms with Crippen LogP contribution >= 0.6 is 15.9 Å². The van der Waals surface area contributed by atoms with E-state index in [1.165, 1.54) is 6.07 Å². The van der Waals surface area contributed by atoms with E-state index in [9.17, 15) is 8.42 Å². The molecule has 18 heavy (non-hydrogen) atoms. The Morgan fingerprint density at radius 1 is 1.39 bits per heavy atom. The van der Waals surface area contributed by atoms with Crippen LogP contribution in [0.5, 0.6) is 0 Å². The topological polar surface area (TPSA) is 113 Å². The number of hydrogen-bond donors (Lipinski definition) is 4. The van der Waals surface area contributed by atoms with Gasteiger partial charge < -0.3 is 15.9 Å². The summed E-state index contributed by atoms with van der Waals surface area (Å²) in [7, 11) is -3.82. The highest BCUT2D eigenvalue weighted by atomic mass is 79.9. The first-order valence-corrected chi connectivity index (χ1v) is 7.39. The molecule has 0 aliphatic heterocycles. The molecule has 0 aromatic heterocycles. The summed E-state index contributed by atoms with van der Waals surface area (Å²) in [6.07, 6.45) is 0. The maximum absolute atomic E-state index is 12.0. The lowest BCUT2D eigenvalue weighted by Gasteiger charge is -2.15. The van der Waals surface area contributed by atoms with Crippen LogP contribution in [-0.2, 0) is 10.0 Å². The van der Waals surface area contributed by atoms with Gasteiger partial charge in [0.15, 0.2) is 0 Å². The number of aliphatic hydroxyl groups excluding tert-OH is 2. The van der Waals surface area contributed by atoms with Gasteiger partial charge in [-0.15, -0.1) is 0 Å². The summed E-state index contributed by atoms with van der Waals surface area (Å²) in [6, 6.07) is 1.99. The molecule has 0 aliphatic rings. The van der Waals surface area contributed by atoms with Gasteiger partial charge in [0.2, 0.25) is 10.0 Å². The van der Waals surface area contributed by atoms with Crippen molar-refractivity contribution in [3.05, 3.63) is 22.2 Å². The zero-order valence-corrected chi connectivity index (χ0v) is 12.1. The van der Waals surface area contributed by atoms with Crippen molar-refractivity contribution in [2.24, 2.45) is 0 Å². The zero-order chi connectivity index (χ0) is 13.9. The van der Waals surface area contributed by atoms with Crippen molar-refractivity contribution >= 4 is 31.6 Å². The lowest BCUT2D eigenvalue weighted by atomic mass is 10.2. The standard InChI is InChI=1S/C10H15BrN2O4S/c1-6-2-8(11)9(12)3-10(6)18(16,17)13-7(4-14)5-15/h2-3,7,13-15H,4-5,12H2,1H3. The highest BCUT2D eigenvalue weighted by Crippen LogP contribution is 2.26. The molecule has 0 bridgehead atoms. The third-order valence-electron chi connectivity index (χ3n) is 2.35. The number of nitrogens with two attached hydrogens (primary N) is 1. The Bertz CT molecular complexity index is 529. The lowest BCUT2D eigenvalue weighted by molar-refractivity contribution is 0.185. The van der Waals surface area contributed by atoms with Gasteiger partial charge in [0.1, 0.15) is 0 Å². The van der Waals surface area contributed by atoms with Gasteiger partial charge in [-0.25, -0.2) is 13.1 Å². The second-order valence-corrected chi connectivity index (χ2v) is 6.36. The van der Waals surface area contributed by atoms with E-state index in [-0.39, 0.29) is 4.90 Å². The second-order valence-electron chi connectivity index (χ2n) is 3.82. The van der Waals surface area contributed by atoms with E-state index in [1.54, 1.807) is 13.0 Å². The molecular formula is C10H15BrN2O4S. The first kappa shape index (κ1) is 15.4. The highest BCUT2D eigenvalue weighted by molar-refractivity contribution is 9.10. The van der Waals surface area contributed by atoms with E-state index in [1.807, 2.05) is 0 Å². The van der Waals surface area contributed by atoms with E-state index in [2.05, 4.69) is 20.7 Å². The van der Waals surface area contributed by atoms with E-state index in [0.717, 1.165) is 0 Å². The zero-order valence-electron chi connectivity index (χ0n) is 9.72. The third kappa shape index (κ3) is 3.42. The van der Waals surface area contributed by atoms with Gasteiger partial charge in [0, 0.05) is 10.2 Å². The number of sulfonamides is 1. The Labute approximate surface area is 114 Å². The molecule has 0 saturated heterocycles. The van der Waals surface area contributed by atoms with Gasteiger partial charge in [-0.2, -0.15) is 0 Å². The van der Waals surface area contributed by atoms with Crippen LogP contribution in [0.15, 0.2) is 21.5 Å². The molecule has 0 radical (unpaired) electrons. The number of hydrogen-bond acceptors (Lipinski definition) is 5. The molecule has 0 amide bonds. The van der Waals surface area contributed by atoms with Crippen molar-refractivity contribution in [3.63, 3.8) is 0 Å². The monoisotopic (exact) mass is 338 g/mol. The minimum atomic E-state index is -3.82. The summed E-state index contributed by atoms with van der Waals surface area (Å²) in [4.78, 5) is 0.0232. The van der Waals surface area contributed by atoms with Crippen LogP contribution in [0.3, 0.4) is 0 Å². The first-order chi connectivity index (χ1) is 8.31. The Morgan fingerprint density at radius 2 is 1.94 bits per heavy atom. The molecule has 8 heteroatoms. The van der Waals surface area contributed by atoms with Crippen molar-refractivity contribution in [1.29, 1.82) is 0 Å². The molecule has 0 atom stereocenters. The second kappa shape index (κ2) is 5.98. The van der Waals surface area contributed by atoms with E-state index in [4.69, 9.17) is 15.9 Å². The number of aliphatic hydroxyl groups is 2. The normalized spacial score (nSPS) is 12.1. The molecule has 0 fully saturated rings. The number of nitrogen functional groups attached to an aromatic ring is 1. The van der Waals surface area contributed by atoms with Crippen LogP contribution in [-0.4, -0.2) is 37.9 Å². The molecule has 0 spiro atoms. The van der Waals surface area contributed by atoms with Crippen LogP contribution in [0.25, 0.3) is 0 Å². The van der Waals surface area contributed by atoms with Crippen molar-refractivity contribution in [3.8, 4) is 0 Å². The fourth-order valence-corrected chi connectivity index (χ4v) is 3.31. The number of halogens is 1. The van der Waals surface area contributed by atoms with Gasteiger partial charge in [-0.1, -0.05) is 0 Å². The van der Waals surface area contributed by atoms with Crippen LogP contribution in [0.1, 0.15) is 5.56 Å². The predicted octanol–water partition coefficient (Wildman–Crippen LogP) is -0.0288. The Balaban J connectivity index is 3.16. The molecule has 0 unspecified atom stereocenters. The molecule has 1 aromatic rings. The summed E-state index contributed by atoms with van der Waals surface area (Å²) in [5.74, 6) is 0. The molecule has 0 heterocycles. The molecular weight excluding hydrogens is 324 g/mol. The number of nitrogens with one attached hydrogen (secondary N) is 1. The summed E-state index contributed by atoms with van der Waals surface area (Å²) >= 11 is 3.20. The quantitative estimate of drug-likeness (QED) is 0.563. The molecule has 102 valence electrons. The van der Waals surface area contributed by atoms with Crippen molar-refractivity contribution in [2.75, 3.05) is 18.9 Å². The Morgan fingerprint density at radius 3 is 2.44 bits per heavy atom. The predicted molar refractivity (Wildman–Crippen MR) is 71.6 cm³/mol. The van der Waals surface area contributed by atoms with Crippen LogP contribution < -0.4 is 10.5 Å². The maximum Gasteiger partial charge on any atom is 0.241 e. The van der Waals surface area contributed by atoms with Gasteiger partial charge >= 0.3 is 0 Å². The highest BCUT2D eigenvalue weighted by Gasteiger charge is 2.21. The third-order valence-corrected chi connectivity index (χ3v) is 4.70. The fourth-order valence-electron chi connectivity index (χ4n) is 1.37. The number of anilines is 1. The van der Waals surface area contributed by atoms with E-state index in [0.29, 0.717) is 15.7 Å². The minimum absolute atomic E-state index is 0.0232. The average molecular weight is 339 g/mol. The van der Waals surface area contributed by atoms with Gasteiger partial charge in [0.05, 0.1) is 24.2 Å². The summed E-state index contributed by atoms with van der Waals surface area (Å²) in [5, 5.41) is 17.8. The maximum atomic E-state index is 12.0. The van der Waals surface area contributed by atoms with Crippen molar-refractivity contribution in [1.82, 2.24) is 4.72 Å². The smallest absolute Gasteiger partial charge is 0.241 e. The molecule has 1 rings (SSSR count). The first-order valence-electron chi connectivity index (χ1n) is 5.11. The van der Waals surface area contributed by atoms with E-state index < -0.39 is 29.3 Å². The molecule has 0 aliphatic carbocycles. The summed E-state index contributed by atoms with van der Waals surface area (Å²) in [6.45, 7) is 0.660. The largest absolute Gasteiger partial charge is 0.398 e. The number of benzene rings is 1.